The predicted molar refractivity (Wildman–Crippen MR) is 122 cm³/mol. The number of carbonyl (C=O) groups is 1. The van der Waals surface area contributed by atoms with Gasteiger partial charge in [0, 0.05) is 22.5 Å². The minimum Gasteiger partial charge on any atom is -0.329 e. The number of amides is 1. The summed E-state index contributed by atoms with van der Waals surface area (Å²) in [5.74, 6) is 0.581. The molecule has 1 aliphatic heterocycles. The molecule has 160 valence electrons. The number of hydrogen-bond donors (Lipinski definition) is 2. The minimum atomic E-state index is -0.458. The van der Waals surface area contributed by atoms with Crippen LogP contribution in [0.4, 0.5) is 5.69 Å². The van der Waals surface area contributed by atoms with Crippen molar-refractivity contribution in [3.8, 4) is 22.5 Å². The van der Waals surface area contributed by atoms with E-state index in [0.717, 1.165) is 52.9 Å². The Bertz CT molecular complexity index is 1100. The summed E-state index contributed by atoms with van der Waals surface area (Å²) >= 11 is 0. The Balaban J connectivity index is 1.73. The lowest BCUT2D eigenvalue weighted by Crippen LogP contribution is -2.62. The highest BCUT2D eigenvalue weighted by molar-refractivity contribution is 5.97. The van der Waals surface area contributed by atoms with Crippen LogP contribution in [0.2, 0.25) is 0 Å². The highest BCUT2D eigenvalue weighted by Gasteiger charge is 2.39. The summed E-state index contributed by atoms with van der Waals surface area (Å²) < 4.78 is 0. The molecule has 7 nitrogen and oxygen atoms in total. The van der Waals surface area contributed by atoms with Gasteiger partial charge < -0.3 is 10.2 Å². The standard InChI is InChI=1S/C24H28N6O/c1-5-6-15-24(4)25-23(31)16(2)17(3)30(24)19-13-11-18(12-14-19)20-9-7-8-10-21(20)22-26-28-29-27-22/h7-14H,5-6,15H2,1-4H3,(H,25,31)(H,26,27,28,29). The topological polar surface area (TPSA) is 86.8 Å². The molecule has 31 heavy (non-hydrogen) atoms. The minimum absolute atomic E-state index is 0.0120. The molecule has 0 saturated carbocycles. The van der Waals surface area contributed by atoms with E-state index in [9.17, 15) is 4.79 Å². The molecule has 0 radical (unpaired) electrons. The average Bonchev–Trinajstić information content (AvgIpc) is 3.32. The lowest BCUT2D eigenvalue weighted by atomic mass is 9.94. The van der Waals surface area contributed by atoms with Crippen LogP contribution in [0.25, 0.3) is 22.5 Å². The number of nitrogens with one attached hydrogen (secondary N) is 2. The molecule has 1 amide bonds. The Kier molecular flexibility index (Phi) is 5.59. The van der Waals surface area contributed by atoms with Crippen LogP contribution in [0, 0.1) is 0 Å². The number of unbranched alkanes of at least 4 members (excludes halogenated alkanes) is 1. The fourth-order valence-electron chi connectivity index (χ4n) is 4.27. The molecule has 0 aliphatic carbocycles. The third-order valence-electron chi connectivity index (χ3n) is 6.06. The molecule has 0 spiro atoms. The molecule has 2 N–H and O–H groups in total. The molecule has 2 aromatic carbocycles. The van der Waals surface area contributed by atoms with Crippen molar-refractivity contribution in [2.45, 2.75) is 52.6 Å². The number of aromatic amines is 1. The van der Waals surface area contributed by atoms with Gasteiger partial charge in [-0.2, -0.15) is 5.21 Å². The van der Waals surface area contributed by atoms with E-state index in [1.165, 1.54) is 0 Å². The summed E-state index contributed by atoms with van der Waals surface area (Å²) in [6.07, 6.45) is 2.99. The smallest absolute Gasteiger partial charge is 0.250 e. The quantitative estimate of drug-likeness (QED) is 0.610. The van der Waals surface area contributed by atoms with Gasteiger partial charge in [0.25, 0.3) is 0 Å². The zero-order valence-electron chi connectivity index (χ0n) is 18.4. The number of carbonyl (C=O) groups excluding carboxylic acids is 1. The summed E-state index contributed by atoms with van der Waals surface area (Å²) in [7, 11) is 0. The molecule has 3 aromatic rings. The Morgan fingerprint density at radius 3 is 2.39 bits per heavy atom. The fraction of sp³-hybridized carbons (Fsp3) is 0.333. The van der Waals surface area contributed by atoms with Crippen LogP contribution in [-0.4, -0.2) is 32.2 Å². The number of rotatable bonds is 6. The number of hydrogen-bond acceptors (Lipinski definition) is 5. The van der Waals surface area contributed by atoms with Gasteiger partial charge in [-0.1, -0.05) is 49.7 Å². The van der Waals surface area contributed by atoms with E-state index in [0.29, 0.717) is 5.82 Å². The molecule has 4 rings (SSSR count). The Hall–Kier alpha value is -3.48. The van der Waals surface area contributed by atoms with Gasteiger partial charge in [0.15, 0.2) is 0 Å². The second kappa shape index (κ2) is 8.34. The van der Waals surface area contributed by atoms with Gasteiger partial charge in [-0.3, -0.25) is 4.79 Å². The SMILES string of the molecule is CCCCC1(C)NC(=O)C(C)=C(C)N1c1ccc(-c2ccccc2-c2nn[nH]n2)cc1. The summed E-state index contributed by atoms with van der Waals surface area (Å²) in [6.45, 7) is 8.18. The van der Waals surface area contributed by atoms with Crippen LogP contribution >= 0.6 is 0 Å². The van der Waals surface area contributed by atoms with Crippen molar-refractivity contribution in [2.75, 3.05) is 4.90 Å². The van der Waals surface area contributed by atoms with Crippen LogP contribution in [0.1, 0.15) is 47.0 Å². The molecular weight excluding hydrogens is 388 g/mol. The van der Waals surface area contributed by atoms with Crippen molar-refractivity contribution in [3.05, 3.63) is 59.8 Å². The Morgan fingerprint density at radius 1 is 1.03 bits per heavy atom. The number of nitrogens with zero attached hydrogens (tertiary/aromatic N) is 4. The van der Waals surface area contributed by atoms with Gasteiger partial charge >= 0.3 is 0 Å². The second-order valence-corrected chi connectivity index (χ2v) is 8.21. The molecule has 1 atom stereocenters. The van der Waals surface area contributed by atoms with Crippen LogP contribution < -0.4 is 10.2 Å². The third-order valence-corrected chi connectivity index (χ3v) is 6.06. The summed E-state index contributed by atoms with van der Waals surface area (Å²) in [4.78, 5) is 14.8. The van der Waals surface area contributed by atoms with Crippen LogP contribution in [0.15, 0.2) is 59.8 Å². The molecule has 0 bridgehead atoms. The number of anilines is 1. The number of tetrazole rings is 1. The lowest BCUT2D eigenvalue weighted by Gasteiger charge is -2.47. The maximum absolute atomic E-state index is 12.5. The first-order valence-corrected chi connectivity index (χ1v) is 10.7. The first-order chi connectivity index (χ1) is 14.9. The lowest BCUT2D eigenvalue weighted by molar-refractivity contribution is -0.119. The first kappa shape index (κ1) is 20.8. The molecule has 2 heterocycles. The summed E-state index contributed by atoms with van der Waals surface area (Å²) in [5, 5.41) is 17.7. The van der Waals surface area contributed by atoms with Crippen molar-refractivity contribution in [1.82, 2.24) is 25.9 Å². The average molecular weight is 417 g/mol. The molecular formula is C24H28N6O. The van der Waals surface area contributed by atoms with Crippen molar-refractivity contribution < 1.29 is 4.79 Å². The van der Waals surface area contributed by atoms with Gasteiger partial charge in [0.2, 0.25) is 11.7 Å². The second-order valence-electron chi connectivity index (χ2n) is 8.21. The van der Waals surface area contributed by atoms with E-state index >= 15 is 0 Å². The van der Waals surface area contributed by atoms with E-state index < -0.39 is 5.66 Å². The van der Waals surface area contributed by atoms with Crippen LogP contribution in [-0.2, 0) is 4.79 Å². The normalized spacial score (nSPS) is 19.0. The largest absolute Gasteiger partial charge is 0.329 e. The molecule has 0 saturated heterocycles. The maximum atomic E-state index is 12.5. The van der Waals surface area contributed by atoms with Gasteiger partial charge in [-0.05, 0) is 62.1 Å². The van der Waals surface area contributed by atoms with E-state index in [1.54, 1.807) is 0 Å². The van der Waals surface area contributed by atoms with E-state index in [4.69, 9.17) is 0 Å². The van der Waals surface area contributed by atoms with E-state index in [1.807, 2.05) is 32.0 Å². The zero-order valence-corrected chi connectivity index (χ0v) is 18.4. The highest BCUT2D eigenvalue weighted by atomic mass is 16.2. The molecule has 7 heteroatoms. The molecule has 1 unspecified atom stereocenters. The van der Waals surface area contributed by atoms with Crippen molar-refractivity contribution in [3.63, 3.8) is 0 Å². The fourth-order valence-corrected chi connectivity index (χ4v) is 4.27. The van der Waals surface area contributed by atoms with Gasteiger partial charge in [-0.15, -0.1) is 10.2 Å². The van der Waals surface area contributed by atoms with Gasteiger partial charge in [-0.25, -0.2) is 0 Å². The summed E-state index contributed by atoms with van der Waals surface area (Å²) in [6, 6.07) is 16.5. The van der Waals surface area contributed by atoms with E-state index in [-0.39, 0.29) is 5.91 Å². The summed E-state index contributed by atoms with van der Waals surface area (Å²) in [5.41, 5.74) is 5.37. The van der Waals surface area contributed by atoms with Crippen LogP contribution in [0.3, 0.4) is 0 Å². The van der Waals surface area contributed by atoms with Crippen molar-refractivity contribution >= 4 is 11.6 Å². The number of benzene rings is 2. The predicted octanol–water partition coefficient (Wildman–Crippen LogP) is 4.67. The zero-order chi connectivity index (χ0) is 22.0. The Labute approximate surface area is 182 Å². The van der Waals surface area contributed by atoms with Crippen molar-refractivity contribution in [2.24, 2.45) is 0 Å². The number of H-pyrrole nitrogens is 1. The number of allylic oxidation sites excluding steroid dienone is 1. The first-order valence-electron chi connectivity index (χ1n) is 10.7. The highest BCUT2D eigenvalue weighted by Crippen LogP contribution is 2.37. The molecule has 0 fully saturated rings. The van der Waals surface area contributed by atoms with Gasteiger partial charge in [0.1, 0.15) is 5.66 Å². The van der Waals surface area contributed by atoms with Gasteiger partial charge in [0.05, 0.1) is 0 Å². The molecule has 1 aliphatic rings. The van der Waals surface area contributed by atoms with E-state index in [2.05, 4.69) is 75.0 Å². The maximum Gasteiger partial charge on any atom is 0.250 e. The third kappa shape index (κ3) is 3.83. The molecule has 1 aromatic heterocycles. The number of aromatic nitrogens is 4. The Morgan fingerprint density at radius 2 is 1.74 bits per heavy atom. The van der Waals surface area contributed by atoms with Crippen molar-refractivity contribution in [1.29, 1.82) is 0 Å². The van der Waals surface area contributed by atoms with Crippen LogP contribution in [0.5, 0.6) is 0 Å². The monoisotopic (exact) mass is 416 g/mol.